The molecule has 2 fully saturated rings. The molecule has 0 bridgehead atoms. The fraction of sp³-hybridized carbons (Fsp3) is 0.481. The number of hydrogen-bond donors (Lipinski definition) is 0. The Labute approximate surface area is 195 Å². The van der Waals surface area contributed by atoms with Crippen LogP contribution >= 0.6 is 0 Å². The average Bonchev–Trinajstić information content (AvgIpc) is 2.82. The van der Waals surface area contributed by atoms with Crippen molar-refractivity contribution in [2.45, 2.75) is 69.5 Å². The third-order valence-electron chi connectivity index (χ3n) is 7.49. The second-order valence-corrected chi connectivity index (χ2v) is 9.53. The van der Waals surface area contributed by atoms with Crippen molar-refractivity contribution in [3.05, 3.63) is 76.9 Å². The Bertz CT molecular complexity index is 997. The number of alkyl halides is 2. The summed E-state index contributed by atoms with van der Waals surface area (Å²) >= 11 is 0. The molecule has 2 aliphatic carbocycles. The van der Waals surface area contributed by atoms with E-state index in [0.717, 1.165) is 62.8 Å². The molecule has 0 amide bonds. The summed E-state index contributed by atoms with van der Waals surface area (Å²) in [6.07, 6.45) is 2.72. The summed E-state index contributed by atoms with van der Waals surface area (Å²) in [5.74, 6) is -4.02. The van der Waals surface area contributed by atoms with Crippen LogP contribution in [0.4, 0.5) is 26.3 Å². The zero-order valence-corrected chi connectivity index (χ0v) is 18.8. The van der Waals surface area contributed by atoms with E-state index in [1.807, 2.05) is 0 Å². The van der Waals surface area contributed by atoms with Gasteiger partial charge in [-0.1, -0.05) is 18.7 Å². The summed E-state index contributed by atoms with van der Waals surface area (Å²) in [7, 11) is 0. The number of ether oxygens (including phenoxy) is 1. The van der Waals surface area contributed by atoms with Crippen molar-refractivity contribution >= 4 is 6.08 Å². The molecule has 0 heterocycles. The summed E-state index contributed by atoms with van der Waals surface area (Å²) in [5.41, 5.74) is 0.136. The van der Waals surface area contributed by atoms with E-state index in [9.17, 15) is 26.3 Å². The van der Waals surface area contributed by atoms with Crippen LogP contribution in [-0.2, 0) is 10.8 Å². The molecule has 0 saturated heterocycles. The van der Waals surface area contributed by atoms with E-state index in [2.05, 4.69) is 6.58 Å². The predicted octanol–water partition coefficient (Wildman–Crippen LogP) is 8.48. The molecule has 7 heteroatoms. The lowest BCUT2D eigenvalue weighted by molar-refractivity contribution is -0.279. The van der Waals surface area contributed by atoms with Crippen LogP contribution in [0.15, 0.2) is 36.9 Å². The van der Waals surface area contributed by atoms with Gasteiger partial charge in [-0.2, -0.15) is 8.78 Å². The zero-order valence-electron chi connectivity index (χ0n) is 18.8. The molecular weight excluding hydrogens is 454 g/mol. The van der Waals surface area contributed by atoms with Gasteiger partial charge in [-0.25, -0.2) is 17.6 Å². The summed E-state index contributed by atoms with van der Waals surface area (Å²) < 4.78 is 88.8. The second kappa shape index (κ2) is 10.1. The predicted molar refractivity (Wildman–Crippen MR) is 118 cm³/mol. The lowest BCUT2D eigenvalue weighted by Crippen LogP contribution is -2.32. The van der Waals surface area contributed by atoms with Crippen molar-refractivity contribution < 1.29 is 31.1 Å². The van der Waals surface area contributed by atoms with E-state index in [0.29, 0.717) is 35.8 Å². The topological polar surface area (TPSA) is 9.23 Å². The highest BCUT2D eigenvalue weighted by atomic mass is 19.3. The fourth-order valence-electron chi connectivity index (χ4n) is 5.58. The first-order valence-electron chi connectivity index (χ1n) is 11.8. The molecule has 4 rings (SSSR count). The van der Waals surface area contributed by atoms with Crippen molar-refractivity contribution in [1.82, 2.24) is 0 Å². The van der Waals surface area contributed by atoms with Crippen molar-refractivity contribution in [1.29, 1.82) is 0 Å². The Kier molecular flexibility index (Phi) is 7.41. The molecule has 0 N–H and O–H groups in total. The first kappa shape index (κ1) is 24.8. The van der Waals surface area contributed by atoms with E-state index < -0.39 is 41.0 Å². The smallest absolute Gasteiger partial charge is 0.313 e. The molecule has 0 aliphatic heterocycles. The van der Waals surface area contributed by atoms with Gasteiger partial charge < -0.3 is 4.74 Å². The number of halogens is 6. The van der Waals surface area contributed by atoms with Gasteiger partial charge >= 0.3 is 6.11 Å². The minimum Gasteiger partial charge on any atom is -0.313 e. The van der Waals surface area contributed by atoms with Crippen molar-refractivity contribution in [2.24, 2.45) is 11.8 Å². The molecule has 0 spiro atoms. The van der Waals surface area contributed by atoms with Crippen molar-refractivity contribution in [3.63, 3.8) is 0 Å². The standard InChI is InChI=1S/C27H28F6O/c1-2-16-3-12-22(23(28)13-16)27(32,33)34-21-10-8-18(9-11-21)17-4-6-19(7-5-17)20-14-24(29)26(31)25(30)15-20/h2-3,12-15,17-19,21H,1,4-11H2. The van der Waals surface area contributed by atoms with E-state index >= 15 is 0 Å². The lowest BCUT2D eigenvalue weighted by atomic mass is 9.69. The van der Waals surface area contributed by atoms with Gasteiger partial charge in [0.05, 0.1) is 11.7 Å². The maximum absolute atomic E-state index is 14.6. The van der Waals surface area contributed by atoms with Crippen LogP contribution in [0.25, 0.3) is 6.08 Å². The fourth-order valence-corrected chi connectivity index (χ4v) is 5.58. The molecule has 34 heavy (non-hydrogen) atoms. The van der Waals surface area contributed by atoms with Gasteiger partial charge in [-0.3, -0.25) is 0 Å². The quantitative estimate of drug-likeness (QED) is 0.296. The summed E-state index contributed by atoms with van der Waals surface area (Å²) in [5, 5.41) is 0. The maximum atomic E-state index is 14.6. The Morgan fingerprint density at radius 2 is 1.32 bits per heavy atom. The van der Waals surface area contributed by atoms with Crippen LogP contribution in [-0.4, -0.2) is 6.10 Å². The highest BCUT2D eigenvalue weighted by Gasteiger charge is 2.40. The number of rotatable bonds is 6. The molecule has 0 unspecified atom stereocenters. The molecule has 184 valence electrons. The van der Waals surface area contributed by atoms with Gasteiger partial charge in [0.25, 0.3) is 0 Å². The Hall–Kier alpha value is -2.28. The van der Waals surface area contributed by atoms with E-state index in [1.165, 1.54) is 12.1 Å². The summed E-state index contributed by atoms with van der Waals surface area (Å²) in [6.45, 7) is 3.50. The van der Waals surface area contributed by atoms with Crippen molar-refractivity contribution in [3.8, 4) is 0 Å². The van der Waals surface area contributed by atoms with Gasteiger partial charge in [-0.15, -0.1) is 0 Å². The van der Waals surface area contributed by atoms with Crippen molar-refractivity contribution in [2.75, 3.05) is 0 Å². The third-order valence-corrected chi connectivity index (χ3v) is 7.49. The van der Waals surface area contributed by atoms with E-state index in [1.54, 1.807) is 0 Å². The van der Waals surface area contributed by atoms with Gasteiger partial charge in [0.2, 0.25) is 0 Å². The minimum absolute atomic E-state index is 0.0124. The summed E-state index contributed by atoms with van der Waals surface area (Å²) in [6, 6.07) is 5.60. The highest BCUT2D eigenvalue weighted by Crippen LogP contribution is 2.45. The Morgan fingerprint density at radius 1 is 0.765 bits per heavy atom. The number of benzene rings is 2. The second-order valence-electron chi connectivity index (χ2n) is 9.53. The molecule has 0 aromatic heterocycles. The zero-order chi connectivity index (χ0) is 24.5. The normalized spacial score (nSPS) is 25.8. The SMILES string of the molecule is C=Cc1ccc(C(F)(F)OC2CCC(C3CCC(c4cc(F)c(F)c(F)c4)CC3)CC2)c(F)c1. The first-order chi connectivity index (χ1) is 16.2. The largest absolute Gasteiger partial charge is 0.386 e. The minimum atomic E-state index is -3.71. The molecule has 2 saturated carbocycles. The van der Waals surface area contributed by atoms with Gasteiger partial charge in [-0.05, 0) is 105 Å². The van der Waals surface area contributed by atoms with Crippen LogP contribution in [0, 0.1) is 35.1 Å². The van der Waals surface area contributed by atoms with Crippen LogP contribution in [0.5, 0.6) is 0 Å². The van der Waals surface area contributed by atoms with E-state index in [-0.39, 0.29) is 5.92 Å². The third kappa shape index (κ3) is 5.35. The average molecular weight is 483 g/mol. The van der Waals surface area contributed by atoms with Crippen LogP contribution in [0.3, 0.4) is 0 Å². The van der Waals surface area contributed by atoms with Crippen LogP contribution < -0.4 is 0 Å². The Morgan fingerprint density at radius 3 is 1.85 bits per heavy atom. The Balaban J connectivity index is 1.29. The molecule has 2 aromatic rings. The lowest BCUT2D eigenvalue weighted by Gasteiger charge is -2.38. The first-order valence-corrected chi connectivity index (χ1v) is 11.8. The molecule has 2 aromatic carbocycles. The molecule has 0 atom stereocenters. The maximum Gasteiger partial charge on any atom is 0.386 e. The van der Waals surface area contributed by atoms with Gasteiger partial charge in [0.15, 0.2) is 17.5 Å². The van der Waals surface area contributed by atoms with E-state index in [4.69, 9.17) is 4.74 Å². The van der Waals surface area contributed by atoms with Crippen LogP contribution in [0.1, 0.15) is 74.0 Å². The van der Waals surface area contributed by atoms with Gasteiger partial charge in [0, 0.05) is 0 Å². The monoisotopic (exact) mass is 482 g/mol. The van der Waals surface area contributed by atoms with Gasteiger partial charge in [0.1, 0.15) is 5.82 Å². The molecule has 0 radical (unpaired) electrons. The molecule has 2 aliphatic rings. The number of hydrogen-bond acceptors (Lipinski definition) is 1. The molecular formula is C27H28F6O. The summed E-state index contributed by atoms with van der Waals surface area (Å²) in [4.78, 5) is 0. The highest BCUT2D eigenvalue weighted by molar-refractivity contribution is 5.48. The van der Waals surface area contributed by atoms with Crippen LogP contribution in [0.2, 0.25) is 0 Å². The molecule has 1 nitrogen and oxygen atoms in total.